The largest absolute Gasteiger partial charge is 0.480 e. The average Bonchev–Trinajstić information content (AvgIpc) is 3.42. The fourth-order valence-electron chi connectivity index (χ4n) is 4.24. The maximum atomic E-state index is 13.0. The number of carbonyl (C=O) groups is 3. The Kier molecular flexibility index (Phi) is 6.67. The summed E-state index contributed by atoms with van der Waals surface area (Å²) in [6, 6.07) is 17.2. The topological polar surface area (TPSA) is 109 Å². The zero-order valence-electron chi connectivity index (χ0n) is 19.0. The standard InChI is InChI=1S/C26H26N2O6/c1-3-16(2)28(14-23(29)30)25(31)24-22(12-13-33-24)27-26(32)34-15-21-19-10-6-4-8-17(19)18-9-5-7-11-20(18)21/h4-13,16,21H,3,14-15H2,1-2H3,(H,27,32)(H,29,30). The molecule has 0 saturated heterocycles. The number of amides is 2. The molecule has 1 unspecified atom stereocenters. The molecule has 0 fully saturated rings. The van der Waals surface area contributed by atoms with Crippen LogP contribution in [0.4, 0.5) is 10.5 Å². The molecule has 4 rings (SSSR count). The van der Waals surface area contributed by atoms with E-state index in [4.69, 9.17) is 9.15 Å². The highest BCUT2D eigenvalue weighted by Crippen LogP contribution is 2.44. The van der Waals surface area contributed by atoms with E-state index in [-0.39, 0.29) is 30.0 Å². The van der Waals surface area contributed by atoms with Crippen LogP contribution < -0.4 is 5.32 Å². The molecule has 2 N–H and O–H groups in total. The highest BCUT2D eigenvalue weighted by Gasteiger charge is 2.30. The summed E-state index contributed by atoms with van der Waals surface area (Å²) in [4.78, 5) is 38.0. The number of fused-ring (bicyclic) bond motifs is 3. The molecule has 1 aromatic heterocycles. The number of nitrogens with one attached hydrogen (secondary N) is 1. The number of aliphatic carboxylic acids is 1. The molecule has 34 heavy (non-hydrogen) atoms. The number of nitrogens with zero attached hydrogens (tertiary/aromatic N) is 1. The van der Waals surface area contributed by atoms with Gasteiger partial charge in [0.15, 0.2) is 0 Å². The first-order chi connectivity index (χ1) is 16.4. The van der Waals surface area contributed by atoms with Gasteiger partial charge in [-0.1, -0.05) is 55.5 Å². The predicted molar refractivity (Wildman–Crippen MR) is 126 cm³/mol. The number of carboxylic acids is 1. The van der Waals surface area contributed by atoms with Crippen molar-refractivity contribution in [2.45, 2.75) is 32.2 Å². The summed E-state index contributed by atoms with van der Waals surface area (Å²) in [5.41, 5.74) is 4.56. The first-order valence-electron chi connectivity index (χ1n) is 11.1. The lowest BCUT2D eigenvalue weighted by Gasteiger charge is -2.26. The van der Waals surface area contributed by atoms with E-state index < -0.39 is 24.5 Å². The lowest BCUT2D eigenvalue weighted by Crippen LogP contribution is -2.42. The van der Waals surface area contributed by atoms with Crippen molar-refractivity contribution in [3.8, 4) is 11.1 Å². The highest BCUT2D eigenvalue weighted by atomic mass is 16.5. The molecule has 1 aliphatic rings. The summed E-state index contributed by atoms with van der Waals surface area (Å²) < 4.78 is 10.8. The Morgan fingerprint density at radius 1 is 1.06 bits per heavy atom. The third kappa shape index (κ3) is 4.52. The first-order valence-corrected chi connectivity index (χ1v) is 11.1. The molecule has 0 radical (unpaired) electrons. The fraction of sp³-hybridized carbons (Fsp3) is 0.269. The van der Waals surface area contributed by atoms with E-state index >= 15 is 0 Å². The highest BCUT2D eigenvalue weighted by molar-refractivity contribution is 6.01. The lowest BCUT2D eigenvalue weighted by atomic mass is 9.98. The van der Waals surface area contributed by atoms with Crippen molar-refractivity contribution >= 4 is 23.7 Å². The summed E-state index contributed by atoms with van der Waals surface area (Å²) in [7, 11) is 0. The number of rotatable bonds is 8. The van der Waals surface area contributed by atoms with E-state index in [0.29, 0.717) is 6.42 Å². The molecule has 2 aromatic carbocycles. The Bertz CT molecular complexity index is 1170. The molecule has 2 amide bonds. The number of carboxylic acid groups (broad SMARTS) is 1. The smallest absolute Gasteiger partial charge is 0.411 e. The predicted octanol–water partition coefficient (Wildman–Crippen LogP) is 4.97. The number of carbonyl (C=O) groups excluding carboxylic acids is 2. The van der Waals surface area contributed by atoms with Crippen molar-refractivity contribution in [2.75, 3.05) is 18.5 Å². The molecular weight excluding hydrogens is 436 g/mol. The zero-order valence-corrected chi connectivity index (χ0v) is 19.0. The van der Waals surface area contributed by atoms with Gasteiger partial charge in [0.05, 0.1) is 12.0 Å². The number of ether oxygens (including phenoxy) is 1. The van der Waals surface area contributed by atoms with E-state index in [1.54, 1.807) is 6.92 Å². The van der Waals surface area contributed by atoms with Gasteiger partial charge in [0, 0.05) is 18.0 Å². The van der Waals surface area contributed by atoms with Gasteiger partial charge in [0.25, 0.3) is 5.91 Å². The van der Waals surface area contributed by atoms with E-state index in [2.05, 4.69) is 17.4 Å². The second kappa shape index (κ2) is 9.82. The van der Waals surface area contributed by atoms with Crippen LogP contribution in [-0.4, -0.2) is 47.2 Å². The van der Waals surface area contributed by atoms with Crippen LogP contribution in [0, 0.1) is 0 Å². The molecule has 8 heteroatoms. The van der Waals surface area contributed by atoms with E-state index in [0.717, 1.165) is 22.3 Å². The van der Waals surface area contributed by atoms with E-state index in [1.807, 2.05) is 43.3 Å². The molecule has 3 aromatic rings. The van der Waals surface area contributed by atoms with Crippen LogP contribution in [0.25, 0.3) is 11.1 Å². The quantitative estimate of drug-likeness (QED) is 0.489. The molecule has 176 valence electrons. The molecule has 1 aliphatic carbocycles. The minimum atomic E-state index is -1.13. The van der Waals surface area contributed by atoms with E-state index in [9.17, 15) is 19.5 Å². The van der Waals surface area contributed by atoms with Crippen LogP contribution in [0.1, 0.15) is 47.9 Å². The Hall–Kier alpha value is -4.07. The van der Waals surface area contributed by atoms with E-state index in [1.165, 1.54) is 17.2 Å². The van der Waals surface area contributed by atoms with Gasteiger partial charge in [-0.25, -0.2) is 4.79 Å². The minimum Gasteiger partial charge on any atom is -0.480 e. The zero-order chi connectivity index (χ0) is 24.2. The molecule has 0 spiro atoms. The first kappa shape index (κ1) is 23.1. The van der Waals surface area contributed by atoms with Gasteiger partial charge in [-0.3, -0.25) is 14.9 Å². The lowest BCUT2D eigenvalue weighted by molar-refractivity contribution is -0.138. The molecule has 1 heterocycles. The van der Waals surface area contributed by atoms with Crippen LogP contribution in [0.2, 0.25) is 0 Å². The van der Waals surface area contributed by atoms with Gasteiger partial charge in [-0.2, -0.15) is 0 Å². The molecular formula is C26H26N2O6. The summed E-state index contributed by atoms with van der Waals surface area (Å²) in [6.45, 7) is 3.26. The molecule has 8 nitrogen and oxygen atoms in total. The second-order valence-corrected chi connectivity index (χ2v) is 8.20. The molecule has 0 bridgehead atoms. The number of benzene rings is 2. The summed E-state index contributed by atoms with van der Waals surface area (Å²) in [5.74, 6) is -1.99. The maximum Gasteiger partial charge on any atom is 0.411 e. The fourth-order valence-corrected chi connectivity index (χ4v) is 4.24. The van der Waals surface area contributed by atoms with Crippen molar-refractivity contribution < 1.29 is 28.6 Å². The van der Waals surface area contributed by atoms with Crippen LogP contribution in [0.5, 0.6) is 0 Å². The average molecular weight is 463 g/mol. The van der Waals surface area contributed by atoms with Gasteiger partial charge in [0.1, 0.15) is 13.2 Å². The van der Waals surface area contributed by atoms with Gasteiger partial charge in [0.2, 0.25) is 5.76 Å². The Balaban J connectivity index is 1.46. The van der Waals surface area contributed by atoms with Gasteiger partial charge in [-0.05, 0) is 35.6 Å². The molecule has 0 aliphatic heterocycles. The molecule has 0 saturated carbocycles. The van der Waals surface area contributed by atoms with Crippen molar-refractivity contribution in [3.63, 3.8) is 0 Å². The Morgan fingerprint density at radius 3 is 2.26 bits per heavy atom. The van der Waals surface area contributed by atoms with Crippen molar-refractivity contribution in [3.05, 3.63) is 77.7 Å². The number of anilines is 1. The number of hydrogen-bond acceptors (Lipinski definition) is 5. The van der Waals surface area contributed by atoms with Crippen LogP contribution >= 0.6 is 0 Å². The summed E-state index contributed by atoms with van der Waals surface area (Å²) in [6.07, 6.45) is 1.10. The SMILES string of the molecule is CCC(C)N(CC(=O)O)C(=O)c1occc1NC(=O)OCC1c2ccccc2-c2ccccc21. The van der Waals surface area contributed by atoms with Crippen molar-refractivity contribution in [1.29, 1.82) is 0 Å². The minimum absolute atomic E-state index is 0.0972. The molecule has 1 atom stereocenters. The third-order valence-electron chi connectivity index (χ3n) is 6.13. The van der Waals surface area contributed by atoms with Crippen molar-refractivity contribution in [2.24, 2.45) is 0 Å². The summed E-state index contributed by atoms with van der Waals surface area (Å²) in [5, 5.41) is 11.7. The van der Waals surface area contributed by atoms with Gasteiger partial charge < -0.3 is 19.2 Å². The van der Waals surface area contributed by atoms with Gasteiger partial charge in [-0.15, -0.1) is 0 Å². The number of furan rings is 1. The van der Waals surface area contributed by atoms with Crippen LogP contribution in [0.3, 0.4) is 0 Å². The summed E-state index contributed by atoms with van der Waals surface area (Å²) >= 11 is 0. The van der Waals surface area contributed by atoms with Gasteiger partial charge >= 0.3 is 12.1 Å². The van der Waals surface area contributed by atoms with Crippen LogP contribution in [0.15, 0.2) is 65.3 Å². The Labute approximate surface area is 197 Å². The van der Waals surface area contributed by atoms with Crippen LogP contribution in [-0.2, 0) is 9.53 Å². The Morgan fingerprint density at radius 2 is 1.68 bits per heavy atom. The monoisotopic (exact) mass is 462 g/mol. The second-order valence-electron chi connectivity index (χ2n) is 8.20. The maximum absolute atomic E-state index is 13.0. The van der Waals surface area contributed by atoms with Crippen molar-refractivity contribution in [1.82, 2.24) is 4.90 Å². The number of hydrogen-bond donors (Lipinski definition) is 2. The normalized spacial score (nSPS) is 13.0. The third-order valence-corrected chi connectivity index (χ3v) is 6.13.